The van der Waals surface area contributed by atoms with Crippen molar-refractivity contribution in [2.75, 3.05) is 40.3 Å². The highest BCUT2D eigenvalue weighted by Gasteiger charge is 2.47. The van der Waals surface area contributed by atoms with Crippen molar-refractivity contribution >= 4 is 5.78 Å². The predicted octanol–water partition coefficient (Wildman–Crippen LogP) is 1.73. The Hall–Kier alpha value is -1.27. The average Bonchev–Trinajstić information content (AvgIpc) is 2.86. The van der Waals surface area contributed by atoms with Gasteiger partial charge in [0.1, 0.15) is 5.72 Å². The number of nitrogens with zero attached hydrogens (tertiary/aromatic N) is 2. The Bertz CT molecular complexity index is 564. The first-order valence-electron chi connectivity index (χ1n) is 8.86. The lowest BCUT2D eigenvalue weighted by atomic mass is 9.98. The first-order chi connectivity index (χ1) is 11.5. The fourth-order valence-electron chi connectivity index (χ4n) is 3.89. The molecule has 1 unspecified atom stereocenters. The van der Waals surface area contributed by atoms with E-state index in [1.54, 1.807) is 6.92 Å². The van der Waals surface area contributed by atoms with Crippen LogP contribution in [-0.4, -0.2) is 67.7 Å². The van der Waals surface area contributed by atoms with Crippen LogP contribution in [0.15, 0.2) is 24.3 Å². The second-order valence-corrected chi connectivity index (χ2v) is 7.30. The number of rotatable bonds is 5. The third-order valence-electron chi connectivity index (χ3n) is 5.18. The zero-order chi connectivity index (χ0) is 17.2. The Morgan fingerprint density at radius 3 is 2.54 bits per heavy atom. The SMILES string of the molecule is CC(=O)c1ccc(CN2C(CN(C)C)COC23CCNCC3)cc1. The monoisotopic (exact) mass is 331 g/mol. The van der Waals surface area contributed by atoms with E-state index in [2.05, 4.69) is 41.3 Å². The second-order valence-electron chi connectivity index (χ2n) is 7.30. The summed E-state index contributed by atoms with van der Waals surface area (Å²) < 4.78 is 6.35. The van der Waals surface area contributed by atoms with Crippen LogP contribution in [0.4, 0.5) is 0 Å². The number of hydrogen-bond acceptors (Lipinski definition) is 5. The molecule has 0 bridgehead atoms. The van der Waals surface area contributed by atoms with E-state index >= 15 is 0 Å². The molecule has 2 heterocycles. The van der Waals surface area contributed by atoms with E-state index in [0.29, 0.717) is 6.04 Å². The van der Waals surface area contributed by atoms with Gasteiger partial charge in [-0.25, -0.2) is 0 Å². The lowest BCUT2D eigenvalue weighted by Crippen LogP contribution is -2.54. The van der Waals surface area contributed by atoms with Crippen molar-refractivity contribution in [2.45, 2.75) is 38.1 Å². The van der Waals surface area contributed by atoms with Crippen LogP contribution in [0.1, 0.15) is 35.7 Å². The lowest BCUT2D eigenvalue weighted by molar-refractivity contribution is -0.109. The molecule has 0 amide bonds. The molecule has 1 aromatic rings. The van der Waals surface area contributed by atoms with Gasteiger partial charge in [0.05, 0.1) is 6.61 Å². The molecule has 3 rings (SSSR count). The summed E-state index contributed by atoms with van der Waals surface area (Å²) in [6.07, 6.45) is 2.06. The summed E-state index contributed by atoms with van der Waals surface area (Å²) >= 11 is 0. The number of carbonyl (C=O) groups excluding carboxylic acids is 1. The number of ether oxygens (including phenoxy) is 1. The van der Waals surface area contributed by atoms with Crippen LogP contribution >= 0.6 is 0 Å². The van der Waals surface area contributed by atoms with Crippen molar-refractivity contribution in [3.05, 3.63) is 35.4 Å². The highest BCUT2D eigenvalue weighted by molar-refractivity contribution is 5.93. The minimum absolute atomic E-state index is 0.117. The smallest absolute Gasteiger partial charge is 0.159 e. The molecule has 2 aliphatic rings. The molecule has 5 nitrogen and oxygen atoms in total. The largest absolute Gasteiger partial charge is 0.359 e. The maximum absolute atomic E-state index is 11.5. The van der Waals surface area contributed by atoms with Crippen molar-refractivity contribution in [1.29, 1.82) is 0 Å². The van der Waals surface area contributed by atoms with Gasteiger partial charge in [0, 0.05) is 37.5 Å². The molecule has 0 radical (unpaired) electrons. The van der Waals surface area contributed by atoms with E-state index in [9.17, 15) is 4.79 Å². The summed E-state index contributed by atoms with van der Waals surface area (Å²) in [7, 11) is 4.24. The molecule has 1 spiro atoms. The maximum Gasteiger partial charge on any atom is 0.159 e. The van der Waals surface area contributed by atoms with E-state index in [-0.39, 0.29) is 11.5 Å². The van der Waals surface area contributed by atoms with Gasteiger partial charge in [-0.15, -0.1) is 0 Å². The van der Waals surface area contributed by atoms with Gasteiger partial charge in [-0.05, 0) is 39.7 Å². The third kappa shape index (κ3) is 3.70. The number of benzene rings is 1. The standard InChI is InChI=1S/C19H29N3O2/c1-15(23)17-6-4-16(5-7-17)12-22-18(13-21(2)3)14-24-19(22)8-10-20-11-9-19/h4-7,18,20H,8-14H2,1-3H3. The molecule has 2 aliphatic heterocycles. The summed E-state index contributed by atoms with van der Waals surface area (Å²) in [4.78, 5) is 16.3. The van der Waals surface area contributed by atoms with Crippen LogP contribution in [0.5, 0.6) is 0 Å². The quantitative estimate of drug-likeness (QED) is 0.833. The van der Waals surface area contributed by atoms with Crippen molar-refractivity contribution < 1.29 is 9.53 Å². The lowest BCUT2D eigenvalue weighted by Gasteiger charge is -2.42. The summed E-state index contributed by atoms with van der Waals surface area (Å²) in [5.41, 5.74) is 1.88. The van der Waals surface area contributed by atoms with E-state index in [1.807, 2.05) is 12.1 Å². The molecular formula is C19H29N3O2. The Kier molecular flexibility index (Phi) is 5.35. The zero-order valence-corrected chi connectivity index (χ0v) is 15.0. The third-order valence-corrected chi connectivity index (χ3v) is 5.18. The number of ketones is 1. The van der Waals surface area contributed by atoms with Gasteiger partial charge >= 0.3 is 0 Å². The summed E-state index contributed by atoms with van der Waals surface area (Å²) in [6, 6.07) is 8.44. The Morgan fingerprint density at radius 1 is 1.29 bits per heavy atom. The topological polar surface area (TPSA) is 44.8 Å². The number of Topliss-reactive ketones (excluding diaryl/α,β-unsaturated/α-hetero) is 1. The van der Waals surface area contributed by atoms with E-state index in [1.165, 1.54) is 5.56 Å². The molecular weight excluding hydrogens is 302 g/mol. The molecule has 1 N–H and O–H groups in total. The number of piperidine rings is 1. The van der Waals surface area contributed by atoms with Gasteiger partial charge < -0.3 is 15.0 Å². The minimum atomic E-state index is -0.134. The number of nitrogens with one attached hydrogen (secondary N) is 1. The summed E-state index contributed by atoms with van der Waals surface area (Å²) in [5.74, 6) is 0.117. The van der Waals surface area contributed by atoms with Crippen molar-refractivity contribution in [3.63, 3.8) is 0 Å². The molecule has 2 saturated heterocycles. The van der Waals surface area contributed by atoms with Gasteiger partial charge in [0.15, 0.2) is 5.78 Å². The molecule has 0 aliphatic carbocycles. The molecule has 1 atom stereocenters. The molecule has 5 heteroatoms. The fraction of sp³-hybridized carbons (Fsp3) is 0.632. The van der Waals surface area contributed by atoms with Gasteiger partial charge in [-0.3, -0.25) is 9.69 Å². The van der Waals surface area contributed by atoms with Gasteiger partial charge in [-0.2, -0.15) is 0 Å². The molecule has 2 fully saturated rings. The Balaban J connectivity index is 1.80. The highest BCUT2D eigenvalue weighted by atomic mass is 16.5. The van der Waals surface area contributed by atoms with Gasteiger partial charge in [0.25, 0.3) is 0 Å². The molecule has 1 aromatic carbocycles. The molecule has 132 valence electrons. The average molecular weight is 331 g/mol. The minimum Gasteiger partial charge on any atom is -0.359 e. The van der Waals surface area contributed by atoms with Crippen molar-refractivity contribution in [2.24, 2.45) is 0 Å². The fourth-order valence-corrected chi connectivity index (χ4v) is 3.89. The first kappa shape index (κ1) is 17.5. The van der Waals surface area contributed by atoms with Crippen LogP contribution in [0.25, 0.3) is 0 Å². The van der Waals surface area contributed by atoms with Crippen LogP contribution in [0, 0.1) is 0 Å². The van der Waals surface area contributed by atoms with E-state index < -0.39 is 0 Å². The van der Waals surface area contributed by atoms with Gasteiger partial charge in [0.2, 0.25) is 0 Å². The second kappa shape index (κ2) is 7.31. The number of likely N-dealkylation sites (N-methyl/N-ethyl adjacent to an activating group) is 1. The van der Waals surface area contributed by atoms with Crippen LogP contribution in [0.3, 0.4) is 0 Å². The Morgan fingerprint density at radius 2 is 1.96 bits per heavy atom. The molecule has 0 aromatic heterocycles. The molecule has 0 saturated carbocycles. The van der Waals surface area contributed by atoms with Crippen LogP contribution in [0.2, 0.25) is 0 Å². The highest BCUT2D eigenvalue weighted by Crippen LogP contribution is 2.36. The number of carbonyl (C=O) groups is 1. The first-order valence-corrected chi connectivity index (χ1v) is 8.86. The maximum atomic E-state index is 11.5. The summed E-state index contributed by atoms with van der Waals surface area (Å²) in [5, 5.41) is 3.44. The van der Waals surface area contributed by atoms with Crippen LogP contribution in [-0.2, 0) is 11.3 Å². The zero-order valence-electron chi connectivity index (χ0n) is 15.0. The number of hydrogen-bond donors (Lipinski definition) is 1. The van der Waals surface area contributed by atoms with Crippen molar-refractivity contribution in [1.82, 2.24) is 15.1 Å². The van der Waals surface area contributed by atoms with Crippen molar-refractivity contribution in [3.8, 4) is 0 Å². The predicted molar refractivity (Wildman–Crippen MR) is 95.1 cm³/mol. The summed E-state index contributed by atoms with van der Waals surface area (Å²) in [6.45, 7) is 6.30. The normalized spacial score (nSPS) is 23.9. The van der Waals surface area contributed by atoms with Crippen LogP contribution < -0.4 is 5.32 Å². The van der Waals surface area contributed by atoms with E-state index in [0.717, 1.165) is 51.2 Å². The van der Waals surface area contributed by atoms with E-state index in [4.69, 9.17) is 4.74 Å². The molecule has 24 heavy (non-hydrogen) atoms. The van der Waals surface area contributed by atoms with Gasteiger partial charge in [-0.1, -0.05) is 24.3 Å². The Labute approximate surface area is 145 Å².